The molecule has 0 amide bonds. The molecule has 2 N–H and O–H groups in total. The minimum Gasteiger partial charge on any atom is -0.466 e. The number of allylic oxidation sites excluding steroid dienone is 1. The molecule has 0 radical (unpaired) electrons. The van der Waals surface area contributed by atoms with Gasteiger partial charge in [-0.3, -0.25) is 4.90 Å². The van der Waals surface area contributed by atoms with E-state index in [4.69, 9.17) is 4.74 Å². The average molecular weight is 338 g/mol. The van der Waals surface area contributed by atoms with Crippen LogP contribution in [0.2, 0.25) is 0 Å². The summed E-state index contributed by atoms with van der Waals surface area (Å²) >= 11 is 0. The molecule has 25 heavy (non-hydrogen) atoms. The number of carbonyl (C=O) groups excluding carboxylic acids is 1. The number of esters is 1. The first-order valence-corrected chi connectivity index (χ1v) is 8.87. The summed E-state index contributed by atoms with van der Waals surface area (Å²) in [6.07, 6.45) is 3.22. The van der Waals surface area contributed by atoms with Gasteiger partial charge in [0.15, 0.2) is 0 Å². The Morgan fingerprint density at radius 2 is 2.24 bits per heavy atom. The Kier molecular flexibility index (Phi) is 2.88. The van der Waals surface area contributed by atoms with Crippen LogP contribution in [-0.2, 0) is 14.9 Å². The van der Waals surface area contributed by atoms with E-state index in [9.17, 15) is 9.90 Å². The fraction of sp³-hybridized carbons (Fsp3) is 0.450. The van der Waals surface area contributed by atoms with Gasteiger partial charge in [0, 0.05) is 30.9 Å². The number of nitrogens with zero attached hydrogens (tertiary/aromatic N) is 1. The topological polar surface area (TPSA) is 61.8 Å². The number of hydrogen-bond acceptors (Lipinski definition) is 5. The lowest BCUT2D eigenvalue weighted by atomic mass is 9.61. The highest BCUT2D eigenvalue weighted by atomic mass is 16.5. The van der Waals surface area contributed by atoms with Crippen molar-refractivity contribution in [3.8, 4) is 0 Å². The molecule has 1 aromatic rings. The number of para-hydroxylation sites is 1. The van der Waals surface area contributed by atoms with Crippen LogP contribution in [0.4, 0.5) is 5.69 Å². The molecule has 2 fully saturated rings. The number of rotatable bonds is 1. The van der Waals surface area contributed by atoms with Crippen molar-refractivity contribution in [3.63, 3.8) is 0 Å². The van der Waals surface area contributed by atoms with Crippen LogP contribution < -0.4 is 5.32 Å². The Hall–Kier alpha value is -2.11. The molecule has 130 valence electrons. The van der Waals surface area contributed by atoms with Gasteiger partial charge in [-0.05, 0) is 30.5 Å². The van der Waals surface area contributed by atoms with E-state index in [0.717, 1.165) is 36.5 Å². The third kappa shape index (κ3) is 1.59. The van der Waals surface area contributed by atoms with Crippen molar-refractivity contribution in [2.45, 2.75) is 36.8 Å². The van der Waals surface area contributed by atoms with E-state index in [2.05, 4.69) is 22.3 Å². The van der Waals surface area contributed by atoms with Gasteiger partial charge in [0.2, 0.25) is 0 Å². The molecule has 0 aromatic heterocycles. The van der Waals surface area contributed by atoms with E-state index in [1.807, 2.05) is 25.1 Å². The first kappa shape index (κ1) is 15.2. The summed E-state index contributed by atoms with van der Waals surface area (Å²) in [6.45, 7) is 3.65. The predicted molar refractivity (Wildman–Crippen MR) is 94.1 cm³/mol. The first-order chi connectivity index (χ1) is 12.1. The highest BCUT2D eigenvalue weighted by Crippen LogP contribution is 2.63. The second-order valence-corrected chi connectivity index (χ2v) is 7.53. The van der Waals surface area contributed by atoms with Crippen molar-refractivity contribution in [2.75, 3.05) is 25.5 Å². The number of ether oxygens (including phenoxy) is 1. The molecule has 0 bridgehead atoms. The van der Waals surface area contributed by atoms with Gasteiger partial charge in [-0.25, -0.2) is 4.79 Å². The number of carbonyl (C=O) groups is 1. The number of aliphatic hydroxyl groups is 1. The SMILES string of the molecule is C/C=C1/CN2CC[C@]34C(=C(C(=O)OC)C[C@@]1(O)[C@H]23)Nc1ccccc14. The summed E-state index contributed by atoms with van der Waals surface area (Å²) < 4.78 is 5.08. The van der Waals surface area contributed by atoms with Gasteiger partial charge in [0.05, 0.1) is 24.1 Å². The van der Waals surface area contributed by atoms with Gasteiger partial charge >= 0.3 is 5.97 Å². The number of hydrogen-bond donors (Lipinski definition) is 2. The molecule has 5 nitrogen and oxygen atoms in total. The molecule has 3 aliphatic heterocycles. The van der Waals surface area contributed by atoms with Crippen molar-refractivity contribution >= 4 is 11.7 Å². The zero-order valence-electron chi connectivity index (χ0n) is 14.5. The van der Waals surface area contributed by atoms with Crippen LogP contribution in [0.3, 0.4) is 0 Å². The fourth-order valence-corrected chi connectivity index (χ4v) is 5.77. The molecular weight excluding hydrogens is 316 g/mol. The lowest BCUT2D eigenvalue weighted by Gasteiger charge is -2.46. The molecular formula is C20H22N2O3. The Labute approximate surface area is 147 Å². The van der Waals surface area contributed by atoms with Gasteiger partial charge < -0.3 is 15.2 Å². The van der Waals surface area contributed by atoms with E-state index in [-0.39, 0.29) is 17.4 Å². The van der Waals surface area contributed by atoms with E-state index in [1.165, 1.54) is 12.7 Å². The van der Waals surface area contributed by atoms with Gasteiger partial charge in [0.25, 0.3) is 0 Å². The Morgan fingerprint density at radius 3 is 3.00 bits per heavy atom. The highest BCUT2D eigenvalue weighted by Gasteiger charge is 2.69. The normalized spacial score (nSPS) is 36.9. The smallest absolute Gasteiger partial charge is 0.335 e. The molecule has 4 aliphatic rings. The molecule has 3 atom stereocenters. The van der Waals surface area contributed by atoms with Crippen molar-refractivity contribution in [1.82, 2.24) is 4.90 Å². The molecule has 5 heteroatoms. The van der Waals surface area contributed by atoms with E-state index in [0.29, 0.717) is 12.0 Å². The van der Waals surface area contributed by atoms with Crippen LogP contribution in [0.25, 0.3) is 0 Å². The summed E-state index contributed by atoms with van der Waals surface area (Å²) in [7, 11) is 1.41. The molecule has 2 saturated heterocycles. The Morgan fingerprint density at radius 1 is 1.44 bits per heavy atom. The van der Waals surface area contributed by atoms with Crippen molar-refractivity contribution in [1.29, 1.82) is 0 Å². The Bertz CT molecular complexity index is 858. The average Bonchev–Trinajstić information content (AvgIpc) is 3.26. The zero-order chi connectivity index (χ0) is 17.4. The largest absolute Gasteiger partial charge is 0.466 e. The van der Waals surface area contributed by atoms with Gasteiger partial charge in [-0.1, -0.05) is 24.3 Å². The maximum atomic E-state index is 12.6. The predicted octanol–water partition coefficient (Wildman–Crippen LogP) is 1.95. The maximum Gasteiger partial charge on any atom is 0.335 e. The lowest BCUT2D eigenvalue weighted by molar-refractivity contribution is -0.137. The molecule has 0 unspecified atom stereocenters. The van der Waals surface area contributed by atoms with Crippen molar-refractivity contribution in [3.05, 3.63) is 52.7 Å². The summed E-state index contributed by atoms with van der Waals surface area (Å²) in [5, 5.41) is 15.3. The van der Waals surface area contributed by atoms with Crippen LogP contribution in [0.1, 0.15) is 25.3 Å². The van der Waals surface area contributed by atoms with Gasteiger partial charge in [0.1, 0.15) is 5.60 Å². The summed E-state index contributed by atoms with van der Waals surface area (Å²) in [5.74, 6) is -0.345. The van der Waals surface area contributed by atoms with Crippen LogP contribution >= 0.6 is 0 Å². The Balaban J connectivity index is 1.83. The number of nitrogens with one attached hydrogen (secondary N) is 1. The van der Waals surface area contributed by atoms with E-state index in [1.54, 1.807) is 0 Å². The molecule has 1 aliphatic carbocycles. The lowest BCUT2D eigenvalue weighted by Crippen LogP contribution is -2.57. The molecule has 1 spiro atoms. The quantitative estimate of drug-likeness (QED) is 0.605. The highest BCUT2D eigenvalue weighted by molar-refractivity contribution is 5.93. The van der Waals surface area contributed by atoms with Crippen LogP contribution in [0, 0.1) is 0 Å². The van der Waals surface area contributed by atoms with E-state index < -0.39 is 5.60 Å². The second kappa shape index (κ2) is 4.74. The second-order valence-electron chi connectivity index (χ2n) is 7.53. The zero-order valence-corrected chi connectivity index (χ0v) is 14.5. The first-order valence-electron chi connectivity index (χ1n) is 8.87. The number of benzene rings is 1. The molecule has 1 aromatic carbocycles. The minimum atomic E-state index is -1.02. The minimum absolute atomic E-state index is 0.0363. The maximum absolute atomic E-state index is 12.6. The van der Waals surface area contributed by atoms with Crippen molar-refractivity contribution in [2.24, 2.45) is 0 Å². The van der Waals surface area contributed by atoms with Gasteiger partial charge in [-0.2, -0.15) is 0 Å². The number of anilines is 1. The van der Waals surface area contributed by atoms with Crippen LogP contribution in [0.5, 0.6) is 0 Å². The third-order valence-corrected chi connectivity index (χ3v) is 6.65. The van der Waals surface area contributed by atoms with E-state index >= 15 is 0 Å². The van der Waals surface area contributed by atoms with Crippen LogP contribution in [0.15, 0.2) is 47.2 Å². The van der Waals surface area contributed by atoms with Crippen LogP contribution in [-0.4, -0.2) is 47.8 Å². The van der Waals surface area contributed by atoms with Gasteiger partial charge in [-0.15, -0.1) is 0 Å². The number of fused-ring (bicyclic) bond motifs is 1. The standard InChI is InChI=1S/C20H22N2O3/c1-3-12-11-22-9-8-19-14-6-4-5-7-15(14)21-16(19)13(17(23)25-2)10-20(12,24)18(19)22/h3-7,18,21,24H,8-11H2,1-2H3/b12-3-/t18-,19+,20+/m1/s1. The van der Waals surface area contributed by atoms with Crippen molar-refractivity contribution < 1.29 is 14.6 Å². The molecule has 0 saturated carbocycles. The third-order valence-electron chi connectivity index (χ3n) is 6.65. The monoisotopic (exact) mass is 338 g/mol. The molecule has 3 heterocycles. The number of methoxy groups -OCH3 is 1. The summed E-state index contributed by atoms with van der Waals surface area (Å²) in [4.78, 5) is 15.0. The fourth-order valence-electron chi connectivity index (χ4n) is 5.77. The summed E-state index contributed by atoms with van der Waals surface area (Å²) in [5.41, 5.74) is 3.39. The molecule has 5 rings (SSSR count). The summed E-state index contributed by atoms with van der Waals surface area (Å²) in [6, 6.07) is 8.19.